The van der Waals surface area contributed by atoms with E-state index in [0.29, 0.717) is 36.3 Å². The zero-order valence-electron chi connectivity index (χ0n) is 20.4. The molecule has 1 N–H and O–H groups in total. The van der Waals surface area contributed by atoms with E-state index in [1.165, 1.54) is 12.8 Å². The fourth-order valence-electron chi connectivity index (χ4n) is 8.02. The Balaban J connectivity index is 1.29. The van der Waals surface area contributed by atoms with Gasteiger partial charge in [0.1, 0.15) is 5.82 Å². The first-order chi connectivity index (χ1) is 17.1. The molecule has 3 heterocycles. The number of methoxy groups -OCH3 is 1. The van der Waals surface area contributed by atoms with Crippen LogP contribution in [-0.4, -0.2) is 50.4 Å². The average molecular weight is 475 g/mol. The standard InChI is InChI=1S/C28H34N4O3/c1-34-25-20-11-18-12-21(25)16-28(14-18,15-20)27(33)32-17-19-3-2-6-29-26(19)30-23-5-4-22(13-24(23)32)31-7-9-35-10-8-31/h2-6,13,18,20-21,25H,7-12,14-17H2,1H3,(H,29,30)/t18?,20?,21?,25-,28-. The second-order valence-electron chi connectivity index (χ2n) is 11.3. The highest BCUT2D eigenvalue weighted by molar-refractivity contribution is 6.02. The predicted octanol–water partition coefficient (Wildman–Crippen LogP) is 4.35. The van der Waals surface area contributed by atoms with Crippen molar-refractivity contribution in [2.24, 2.45) is 23.2 Å². The third kappa shape index (κ3) is 3.46. The summed E-state index contributed by atoms with van der Waals surface area (Å²) in [5, 5.41) is 3.54. The molecule has 6 aliphatic rings. The molecular formula is C28H34N4O3. The van der Waals surface area contributed by atoms with Crippen LogP contribution in [0.3, 0.4) is 0 Å². The minimum atomic E-state index is -0.273. The highest BCUT2D eigenvalue weighted by atomic mass is 16.5. The van der Waals surface area contributed by atoms with Crippen molar-refractivity contribution in [3.05, 3.63) is 42.1 Å². The van der Waals surface area contributed by atoms with Crippen molar-refractivity contribution in [2.75, 3.05) is 48.5 Å². The van der Waals surface area contributed by atoms with Crippen molar-refractivity contribution in [3.63, 3.8) is 0 Å². The van der Waals surface area contributed by atoms with E-state index in [4.69, 9.17) is 9.47 Å². The van der Waals surface area contributed by atoms with Crippen LogP contribution in [0.1, 0.15) is 37.7 Å². The number of aromatic nitrogens is 1. The lowest BCUT2D eigenvalue weighted by molar-refractivity contribution is -0.166. The van der Waals surface area contributed by atoms with Gasteiger partial charge in [-0.3, -0.25) is 4.79 Å². The maximum atomic E-state index is 14.7. The number of pyridine rings is 1. The van der Waals surface area contributed by atoms with Crippen LogP contribution >= 0.6 is 0 Å². The summed E-state index contributed by atoms with van der Waals surface area (Å²) in [6.07, 6.45) is 7.52. The van der Waals surface area contributed by atoms with Crippen LogP contribution in [0, 0.1) is 23.2 Å². The number of morpholine rings is 1. The van der Waals surface area contributed by atoms with Gasteiger partial charge in [0.25, 0.3) is 0 Å². The fourth-order valence-corrected chi connectivity index (χ4v) is 8.02. The van der Waals surface area contributed by atoms with Gasteiger partial charge in [-0.25, -0.2) is 4.98 Å². The number of anilines is 4. The van der Waals surface area contributed by atoms with Gasteiger partial charge in [-0.15, -0.1) is 0 Å². The van der Waals surface area contributed by atoms with Crippen LogP contribution in [0.5, 0.6) is 0 Å². The Labute approximate surface area is 206 Å². The Hall–Kier alpha value is -2.64. The van der Waals surface area contributed by atoms with Crippen LogP contribution in [-0.2, 0) is 20.8 Å². The van der Waals surface area contributed by atoms with E-state index in [1.807, 2.05) is 19.4 Å². The topological polar surface area (TPSA) is 66.9 Å². The summed E-state index contributed by atoms with van der Waals surface area (Å²) < 4.78 is 11.5. The molecule has 2 atom stereocenters. The van der Waals surface area contributed by atoms with Gasteiger partial charge < -0.3 is 24.6 Å². The van der Waals surface area contributed by atoms with Crippen molar-refractivity contribution in [2.45, 2.75) is 44.8 Å². The van der Waals surface area contributed by atoms with Crippen LogP contribution in [0.2, 0.25) is 0 Å². The Bertz CT molecular complexity index is 1130. The fraction of sp³-hybridized carbons (Fsp3) is 0.571. The SMILES string of the molecule is CO[C@H]1C2CC3CC1C[C@](C(=O)N1Cc4cccnc4Nc4ccc(N5CCOCC5)cc41)(C3)C2. The summed E-state index contributed by atoms with van der Waals surface area (Å²) in [5.41, 5.74) is 3.85. The number of hydrogen-bond donors (Lipinski definition) is 1. The Morgan fingerprint density at radius 2 is 1.94 bits per heavy atom. The van der Waals surface area contributed by atoms with E-state index in [1.54, 1.807) is 0 Å². The van der Waals surface area contributed by atoms with Crippen molar-refractivity contribution < 1.29 is 14.3 Å². The van der Waals surface area contributed by atoms with Gasteiger partial charge in [0, 0.05) is 37.6 Å². The second kappa shape index (κ2) is 8.20. The number of carbonyl (C=O) groups excluding carboxylic acids is 1. The third-order valence-electron chi connectivity index (χ3n) is 9.28. The molecule has 2 aliphatic heterocycles. The Morgan fingerprint density at radius 1 is 1.14 bits per heavy atom. The summed E-state index contributed by atoms with van der Waals surface area (Å²) in [6, 6.07) is 10.5. The summed E-state index contributed by atoms with van der Waals surface area (Å²) >= 11 is 0. The quantitative estimate of drug-likeness (QED) is 0.714. The maximum Gasteiger partial charge on any atom is 0.233 e. The first-order valence-corrected chi connectivity index (χ1v) is 13.2. The van der Waals surface area contributed by atoms with E-state index in [9.17, 15) is 4.79 Å². The second-order valence-corrected chi connectivity index (χ2v) is 11.3. The van der Waals surface area contributed by atoms with Gasteiger partial charge in [-0.2, -0.15) is 0 Å². The third-order valence-corrected chi connectivity index (χ3v) is 9.28. The number of benzene rings is 1. The molecule has 7 heteroatoms. The van der Waals surface area contributed by atoms with E-state index < -0.39 is 0 Å². The lowest BCUT2D eigenvalue weighted by atomic mass is 9.48. The Kier molecular flexibility index (Phi) is 5.07. The van der Waals surface area contributed by atoms with Gasteiger partial charge in [-0.1, -0.05) is 6.07 Å². The van der Waals surface area contributed by atoms with Crippen molar-refractivity contribution >= 4 is 28.8 Å². The maximum absolute atomic E-state index is 14.7. The molecule has 7 nitrogen and oxygen atoms in total. The first-order valence-electron chi connectivity index (χ1n) is 13.2. The Morgan fingerprint density at radius 3 is 2.71 bits per heavy atom. The molecule has 184 valence electrons. The van der Waals surface area contributed by atoms with Crippen LogP contribution in [0.4, 0.5) is 22.9 Å². The summed E-state index contributed by atoms with van der Waals surface area (Å²) in [7, 11) is 1.86. The van der Waals surface area contributed by atoms with Crippen LogP contribution in [0.15, 0.2) is 36.5 Å². The van der Waals surface area contributed by atoms with E-state index >= 15 is 0 Å². The minimum absolute atomic E-state index is 0.273. The van der Waals surface area contributed by atoms with Gasteiger partial charge >= 0.3 is 0 Å². The molecule has 4 aliphatic carbocycles. The van der Waals surface area contributed by atoms with Crippen molar-refractivity contribution in [1.29, 1.82) is 0 Å². The molecular weight excluding hydrogens is 440 g/mol. The van der Waals surface area contributed by atoms with Crippen molar-refractivity contribution in [1.82, 2.24) is 4.98 Å². The molecule has 4 bridgehead atoms. The summed E-state index contributed by atoms with van der Waals surface area (Å²) in [4.78, 5) is 23.7. The molecule has 2 aromatic rings. The molecule has 1 amide bonds. The molecule has 4 saturated carbocycles. The van der Waals surface area contributed by atoms with Crippen LogP contribution in [0.25, 0.3) is 0 Å². The average Bonchev–Trinajstić information content (AvgIpc) is 3.04. The minimum Gasteiger partial charge on any atom is -0.381 e. The lowest BCUT2D eigenvalue weighted by Gasteiger charge is -2.59. The number of nitrogens with zero attached hydrogens (tertiary/aromatic N) is 3. The van der Waals surface area contributed by atoms with Gasteiger partial charge in [0.2, 0.25) is 5.91 Å². The number of ether oxygens (including phenoxy) is 2. The molecule has 35 heavy (non-hydrogen) atoms. The number of rotatable bonds is 3. The predicted molar refractivity (Wildman–Crippen MR) is 135 cm³/mol. The number of amides is 1. The van der Waals surface area contributed by atoms with Crippen molar-refractivity contribution in [3.8, 4) is 0 Å². The summed E-state index contributed by atoms with van der Waals surface area (Å²) in [5.74, 6) is 2.81. The van der Waals surface area contributed by atoms with Gasteiger partial charge in [-0.05, 0) is 74.1 Å². The van der Waals surface area contributed by atoms with E-state index in [0.717, 1.165) is 74.0 Å². The molecule has 1 aromatic carbocycles. The monoisotopic (exact) mass is 474 g/mol. The highest BCUT2D eigenvalue weighted by Gasteiger charge is 2.59. The number of hydrogen-bond acceptors (Lipinski definition) is 6. The normalized spacial score (nSPS) is 33.1. The van der Waals surface area contributed by atoms with E-state index in [-0.39, 0.29) is 5.41 Å². The van der Waals surface area contributed by atoms with Gasteiger partial charge in [0.05, 0.1) is 42.7 Å². The first kappa shape index (κ1) is 21.6. The zero-order valence-corrected chi connectivity index (χ0v) is 20.4. The molecule has 2 unspecified atom stereocenters. The molecule has 1 aromatic heterocycles. The molecule has 1 saturated heterocycles. The molecule has 5 fully saturated rings. The van der Waals surface area contributed by atoms with Gasteiger partial charge in [0.15, 0.2) is 0 Å². The molecule has 0 radical (unpaired) electrons. The number of nitrogens with one attached hydrogen (secondary N) is 1. The number of fused-ring (bicyclic) bond motifs is 2. The highest BCUT2D eigenvalue weighted by Crippen LogP contribution is 2.61. The van der Waals surface area contributed by atoms with Crippen LogP contribution < -0.4 is 15.1 Å². The largest absolute Gasteiger partial charge is 0.381 e. The molecule has 8 rings (SSSR count). The summed E-state index contributed by atoms with van der Waals surface area (Å²) in [6.45, 7) is 3.76. The lowest BCUT2D eigenvalue weighted by Crippen LogP contribution is -2.59. The van der Waals surface area contributed by atoms with E-state index in [2.05, 4.69) is 44.4 Å². The smallest absolute Gasteiger partial charge is 0.233 e. The number of carbonyl (C=O) groups is 1. The molecule has 0 spiro atoms. The zero-order chi connectivity index (χ0) is 23.6.